The third-order valence-electron chi connectivity index (χ3n) is 3.96. The molecule has 2 saturated heterocycles. The summed E-state index contributed by atoms with van der Waals surface area (Å²) in [7, 11) is 0. The zero-order chi connectivity index (χ0) is 14.9. The highest BCUT2D eigenvalue weighted by atomic mass is 19.1. The van der Waals surface area contributed by atoms with Crippen molar-refractivity contribution in [1.82, 2.24) is 0 Å². The molecule has 1 spiro atoms. The van der Waals surface area contributed by atoms with Gasteiger partial charge in [0.25, 0.3) is 0 Å². The predicted octanol–water partition coefficient (Wildman–Crippen LogP) is 2.71. The summed E-state index contributed by atoms with van der Waals surface area (Å²) in [6.45, 7) is 4.33. The molecule has 0 bridgehead atoms. The quantitative estimate of drug-likeness (QED) is 0.858. The molecule has 6 heteroatoms. The van der Waals surface area contributed by atoms with Gasteiger partial charge >= 0.3 is 0 Å². The summed E-state index contributed by atoms with van der Waals surface area (Å²) in [6.07, 6.45) is 1.22. The van der Waals surface area contributed by atoms with E-state index in [9.17, 15) is 8.78 Å². The van der Waals surface area contributed by atoms with Crippen LogP contribution in [0.5, 0.6) is 5.75 Å². The minimum absolute atomic E-state index is 0.00583. The minimum Gasteiger partial charge on any atom is -0.494 e. The molecule has 0 atom stereocenters. The number of anilines is 1. The molecule has 3 rings (SSSR count). The maximum atomic E-state index is 14.2. The van der Waals surface area contributed by atoms with E-state index < -0.39 is 17.4 Å². The molecule has 2 aliphatic rings. The Morgan fingerprint density at radius 2 is 1.71 bits per heavy atom. The topological polar surface area (TPSA) is 30.9 Å². The van der Waals surface area contributed by atoms with Crippen LogP contribution < -0.4 is 9.64 Å². The Hall–Kier alpha value is -1.40. The van der Waals surface area contributed by atoms with E-state index in [4.69, 9.17) is 14.2 Å². The van der Waals surface area contributed by atoms with Gasteiger partial charge in [-0.3, -0.25) is 0 Å². The van der Waals surface area contributed by atoms with Crippen molar-refractivity contribution in [3.63, 3.8) is 0 Å². The van der Waals surface area contributed by atoms with Crippen LogP contribution in [0.15, 0.2) is 12.1 Å². The van der Waals surface area contributed by atoms with Crippen molar-refractivity contribution in [2.75, 3.05) is 37.8 Å². The second-order valence-corrected chi connectivity index (χ2v) is 5.26. The van der Waals surface area contributed by atoms with Gasteiger partial charge in [0, 0.05) is 38.1 Å². The molecule has 0 amide bonds. The first-order valence-corrected chi connectivity index (χ1v) is 7.28. The average molecular weight is 299 g/mol. The number of nitrogens with zero attached hydrogens (tertiary/aromatic N) is 1. The summed E-state index contributed by atoms with van der Waals surface area (Å²) >= 11 is 0. The van der Waals surface area contributed by atoms with Crippen molar-refractivity contribution >= 4 is 5.69 Å². The van der Waals surface area contributed by atoms with Crippen LogP contribution in [0.3, 0.4) is 0 Å². The van der Waals surface area contributed by atoms with Crippen LogP contribution in [0.4, 0.5) is 14.5 Å². The van der Waals surface area contributed by atoms with Crippen LogP contribution in [-0.4, -0.2) is 38.7 Å². The molecule has 0 unspecified atom stereocenters. The lowest BCUT2D eigenvalue weighted by atomic mass is 10.0. The predicted molar refractivity (Wildman–Crippen MR) is 73.6 cm³/mol. The number of halogens is 2. The number of piperidine rings is 1. The van der Waals surface area contributed by atoms with E-state index in [1.165, 1.54) is 12.1 Å². The van der Waals surface area contributed by atoms with Gasteiger partial charge in [0.1, 0.15) is 11.4 Å². The Morgan fingerprint density at radius 1 is 1.14 bits per heavy atom. The summed E-state index contributed by atoms with van der Waals surface area (Å²) in [6, 6.07) is 2.46. The van der Waals surface area contributed by atoms with Gasteiger partial charge in [0.05, 0.1) is 19.8 Å². The lowest BCUT2D eigenvalue weighted by Gasteiger charge is -2.38. The SMILES string of the molecule is CCOc1cc(F)c(N2CCC3(CC2)OCCO3)c(F)c1. The Balaban J connectivity index is 1.75. The number of hydrogen-bond donors (Lipinski definition) is 0. The van der Waals surface area contributed by atoms with Gasteiger partial charge in [-0.1, -0.05) is 0 Å². The van der Waals surface area contributed by atoms with E-state index in [0.29, 0.717) is 45.8 Å². The molecule has 1 aromatic rings. The Morgan fingerprint density at radius 3 is 2.24 bits per heavy atom. The van der Waals surface area contributed by atoms with Crippen molar-refractivity contribution in [3.05, 3.63) is 23.8 Å². The molecule has 116 valence electrons. The van der Waals surface area contributed by atoms with Crippen molar-refractivity contribution < 1.29 is 23.0 Å². The fourth-order valence-electron chi connectivity index (χ4n) is 2.95. The summed E-state index contributed by atoms with van der Waals surface area (Å²) in [5, 5.41) is 0. The van der Waals surface area contributed by atoms with Crippen LogP contribution in [0.1, 0.15) is 19.8 Å². The molecule has 0 N–H and O–H groups in total. The summed E-state index contributed by atoms with van der Waals surface area (Å²) in [5.41, 5.74) is 0.00583. The third kappa shape index (κ3) is 2.82. The molecule has 2 fully saturated rings. The van der Waals surface area contributed by atoms with E-state index in [2.05, 4.69) is 0 Å². The van der Waals surface area contributed by atoms with E-state index in [1.54, 1.807) is 11.8 Å². The zero-order valence-corrected chi connectivity index (χ0v) is 12.0. The van der Waals surface area contributed by atoms with Crippen molar-refractivity contribution in [3.8, 4) is 5.75 Å². The zero-order valence-electron chi connectivity index (χ0n) is 12.0. The molecular weight excluding hydrogens is 280 g/mol. The molecule has 2 heterocycles. The fraction of sp³-hybridized carbons (Fsp3) is 0.600. The van der Waals surface area contributed by atoms with E-state index in [0.717, 1.165) is 0 Å². The van der Waals surface area contributed by atoms with Crippen molar-refractivity contribution in [2.24, 2.45) is 0 Å². The number of ether oxygens (including phenoxy) is 3. The summed E-state index contributed by atoms with van der Waals surface area (Å²) < 4.78 is 44.7. The standard InChI is InChI=1S/C15H19F2NO3/c1-2-19-11-9-12(16)14(13(17)10-11)18-5-3-15(4-6-18)20-7-8-21-15/h9-10H,2-8H2,1H3. The van der Waals surface area contributed by atoms with E-state index in [1.807, 2.05) is 0 Å². The molecular formula is C15H19F2NO3. The first-order chi connectivity index (χ1) is 10.1. The lowest BCUT2D eigenvalue weighted by Crippen LogP contribution is -2.45. The van der Waals surface area contributed by atoms with Gasteiger partial charge in [0.15, 0.2) is 17.4 Å². The Bertz CT molecular complexity index is 485. The normalized spacial score (nSPS) is 21.0. The molecule has 1 aromatic carbocycles. The van der Waals surface area contributed by atoms with Crippen molar-refractivity contribution in [2.45, 2.75) is 25.6 Å². The average Bonchev–Trinajstić information content (AvgIpc) is 2.89. The van der Waals surface area contributed by atoms with Gasteiger partial charge < -0.3 is 19.1 Å². The van der Waals surface area contributed by atoms with Crippen LogP contribution in [0.2, 0.25) is 0 Å². The first kappa shape index (κ1) is 14.5. The highest BCUT2D eigenvalue weighted by molar-refractivity contribution is 5.52. The molecule has 0 aliphatic carbocycles. The van der Waals surface area contributed by atoms with Crippen LogP contribution in [0, 0.1) is 11.6 Å². The van der Waals surface area contributed by atoms with E-state index in [-0.39, 0.29) is 11.4 Å². The first-order valence-electron chi connectivity index (χ1n) is 7.28. The minimum atomic E-state index is -0.595. The molecule has 0 saturated carbocycles. The van der Waals surface area contributed by atoms with Crippen LogP contribution in [0.25, 0.3) is 0 Å². The fourth-order valence-corrected chi connectivity index (χ4v) is 2.95. The largest absolute Gasteiger partial charge is 0.494 e. The number of benzene rings is 1. The molecule has 0 radical (unpaired) electrons. The molecule has 21 heavy (non-hydrogen) atoms. The van der Waals surface area contributed by atoms with Gasteiger partial charge in [-0.25, -0.2) is 8.78 Å². The number of rotatable bonds is 3. The second-order valence-electron chi connectivity index (χ2n) is 5.26. The van der Waals surface area contributed by atoms with Crippen LogP contribution >= 0.6 is 0 Å². The maximum Gasteiger partial charge on any atom is 0.171 e. The highest BCUT2D eigenvalue weighted by Gasteiger charge is 2.40. The van der Waals surface area contributed by atoms with Gasteiger partial charge in [-0.05, 0) is 6.92 Å². The van der Waals surface area contributed by atoms with Gasteiger partial charge in [0.2, 0.25) is 0 Å². The Labute approximate surface area is 122 Å². The monoisotopic (exact) mass is 299 g/mol. The maximum absolute atomic E-state index is 14.2. The Kier molecular flexibility index (Phi) is 3.99. The van der Waals surface area contributed by atoms with Gasteiger partial charge in [-0.2, -0.15) is 0 Å². The lowest BCUT2D eigenvalue weighted by molar-refractivity contribution is -0.169. The number of hydrogen-bond acceptors (Lipinski definition) is 4. The third-order valence-corrected chi connectivity index (χ3v) is 3.96. The molecule has 2 aliphatic heterocycles. The summed E-state index contributed by atoms with van der Waals surface area (Å²) in [4.78, 5) is 1.71. The van der Waals surface area contributed by atoms with Gasteiger partial charge in [-0.15, -0.1) is 0 Å². The van der Waals surface area contributed by atoms with Crippen molar-refractivity contribution in [1.29, 1.82) is 0 Å². The van der Waals surface area contributed by atoms with E-state index >= 15 is 0 Å². The smallest absolute Gasteiger partial charge is 0.171 e. The molecule has 0 aromatic heterocycles. The van der Waals surface area contributed by atoms with Crippen LogP contribution in [-0.2, 0) is 9.47 Å². The summed E-state index contributed by atoms with van der Waals surface area (Å²) in [5.74, 6) is -1.52. The highest BCUT2D eigenvalue weighted by Crippen LogP contribution is 2.36. The molecule has 4 nitrogen and oxygen atoms in total. The second kappa shape index (κ2) is 5.77.